The van der Waals surface area contributed by atoms with E-state index in [0.29, 0.717) is 23.7 Å². The summed E-state index contributed by atoms with van der Waals surface area (Å²) >= 11 is 0. The number of fused-ring (bicyclic) bond motifs is 1. The van der Waals surface area contributed by atoms with Crippen molar-refractivity contribution in [2.24, 2.45) is 0 Å². The van der Waals surface area contributed by atoms with Gasteiger partial charge in [-0.25, -0.2) is 8.42 Å². The second kappa shape index (κ2) is 8.36. The Bertz CT molecular complexity index is 906. The number of ether oxygens (including phenoxy) is 2. The third kappa shape index (κ3) is 4.43. The average Bonchev–Trinajstić information content (AvgIpc) is 3.02. The van der Waals surface area contributed by atoms with Gasteiger partial charge in [-0.2, -0.15) is 0 Å². The van der Waals surface area contributed by atoms with Crippen LogP contribution in [0.4, 0.5) is 0 Å². The number of amides is 1. The summed E-state index contributed by atoms with van der Waals surface area (Å²) < 4.78 is 36.0. The average molecular weight is 421 g/mol. The molecule has 8 heteroatoms. The molecule has 2 atom stereocenters. The molecule has 1 N–H and O–H groups in total. The quantitative estimate of drug-likeness (QED) is 0.779. The lowest BCUT2D eigenvalue weighted by Gasteiger charge is -2.35. The Morgan fingerprint density at radius 3 is 2.79 bits per heavy atom. The van der Waals surface area contributed by atoms with Gasteiger partial charge in [-0.1, -0.05) is 18.6 Å². The van der Waals surface area contributed by atoms with Crippen LogP contribution >= 0.6 is 0 Å². The van der Waals surface area contributed by atoms with Gasteiger partial charge in [0.1, 0.15) is 6.61 Å². The van der Waals surface area contributed by atoms with E-state index in [2.05, 4.69) is 10.2 Å². The molecule has 0 unspecified atom stereocenters. The van der Waals surface area contributed by atoms with E-state index in [0.717, 1.165) is 31.5 Å². The number of para-hydroxylation sites is 1. The summed E-state index contributed by atoms with van der Waals surface area (Å²) in [5.41, 5.74) is 1.28. The molecule has 0 aliphatic carbocycles. The van der Waals surface area contributed by atoms with Crippen LogP contribution in [0.5, 0.6) is 11.5 Å². The molecule has 0 bridgehead atoms. The van der Waals surface area contributed by atoms with Gasteiger partial charge in [0, 0.05) is 11.6 Å². The standard InChI is InChI=1S/C21H28N2O5S/c1-2-27-19-8-6-7-15-11-16(12-28-20(15)19)21(24)22-17-13-29(25,26)14-18(17)23-9-4-3-5-10-23/h6-8,11,17-18H,2-5,9-10,12-14H2,1H3,(H,22,24)/t17-,18+/m0/s1. The molecular weight excluding hydrogens is 392 g/mol. The van der Waals surface area contributed by atoms with E-state index in [9.17, 15) is 13.2 Å². The van der Waals surface area contributed by atoms with Crippen molar-refractivity contribution in [2.75, 3.05) is 37.8 Å². The topological polar surface area (TPSA) is 84.9 Å². The van der Waals surface area contributed by atoms with Crippen LogP contribution in [0.3, 0.4) is 0 Å². The minimum absolute atomic E-state index is 0.000874. The highest BCUT2D eigenvalue weighted by atomic mass is 32.2. The van der Waals surface area contributed by atoms with Gasteiger partial charge in [-0.15, -0.1) is 0 Å². The molecule has 1 aromatic carbocycles. The van der Waals surface area contributed by atoms with Crippen LogP contribution in [0.25, 0.3) is 6.08 Å². The van der Waals surface area contributed by atoms with Crippen molar-refractivity contribution in [3.8, 4) is 11.5 Å². The first kappa shape index (κ1) is 20.2. The number of rotatable bonds is 5. The Kier molecular flexibility index (Phi) is 5.83. The summed E-state index contributed by atoms with van der Waals surface area (Å²) in [6.45, 7) is 4.37. The maximum absolute atomic E-state index is 12.9. The fourth-order valence-corrected chi connectivity index (χ4v) is 6.37. The van der Waals surface area contributed by atoms with Crippen molar-refractivity contribution in [1.82, 2.24) is 10.2 Å². The number of benzene rings is 1. The van der Waals surface area contributed by atoms with E-state index in [1.165, 1.54) is 6.42 Å². The van der Waals surface area contributed by atoms with Crippen LogP contribution in [0, 0.1) is 0 Å². The number of carbonyl (C=O) groups is 1. The van der Waals surface area contributed by atoms with Crippen LogP contribution in [-0.2, 0) is 14.6 Å². The maximum atomic E-state index is 12.9. The molecule has 0 spiro atoms. The SMILES string of the molecule is CCOc1cccc2c1OCC(C(=O)N[C@H]1CS(=O)(=O)C[C@H]1N1CCCCC1)=C2. The highest BCUT2D eigenvalue weighted by molar-refractivity contribution is 7.91. The van der Waals surface area contributed by atoms with Gasteiger partial charge < -0.3 is 14.8 Å². The molecule has 3 aliphatic heterocycles. The second-order valence-electron chi connectivity index (χ2n) is 7.89. The lowest BCUT2D eigenvalue weighted by Crippen LogP contribution is -2.52. The van der Waals surface area contributed by atoms with Gasteiger partial charge in [0.15, 0.2) is 21.3 Å². The summed E-state index contributed by atoms with van der Waals surface area (Å²) in [4.78, 5) is 15.1. The summed E-state index contributed by atoms with van der Waals surface area (Å²) in [5, 5.41) is 2.98. The zero-order chi connectivity index (χ0) is 20.4. The predicted octanol–water partition coefficient (Wildman–Crippen LogP) is 1.63. The summed E-state index contributed by atoms with van der Waals surface area (Å²) in [7, 11) is -3.15. The number of likely N-dealkylation sites (tertiary alicyclic amines) is 1. The normalized spacial score (nSPS) is 26.2. The van der Waals surface area contributed by atoms with Gasteiger partial charge >= 0.3 is 0 Å². The van der Waals surface area contributed by atoms with Gasteiger partial charge in [-0.3, -0.25) is 9.69 Å². The number of hydrogen-bond donors (Lipinski definition) is 1. The van der Waals surface area contributed by atoms with E-state index < -0.39 is 9.84 Å². The van der Waals surface area contributed by atoms with Crippen LogP contribution in [0.15, 0.2) is 23.8 Å². The first-order chi connectivity index (χ1) is 14.0. The third-order valence-electron chi connectivity index (χ3n) is 5.80. The van der Waals surface area contributed by atoms with E-state index in [4.69, 9.17) is 9.47 Å². The lowest BCUT2D eigenvalue weighted by atomic mass is 10.0. The van der Waals surface area contributed by atoms with Crippen molar-refractivity contribution >= 4 is 21.8 Å². The molecule has 29 heavy (non-hydrogen) atoms. The van der Waals surface area contributed by atoms with Crippen molar-refractivity contribution in [2.45, 2.75) is 38.3 Å². The minimum Gasteiger partial charge on any atom is -0.490 e. The number of nitrogens with zero attached hydrogens (tertiary/aromatic N) is 1. The first-order valence-electron chi connectivity index (χ1n) is 10.3. The zero-order valence-electron chi connectivity index (χ0n) is 16.7. The smallest absolute Gasteiger partial charge is 0.250 e. The largest absolute Gasteiger partial charge is 0.490 e. The van der Waals surface area contributed by atoms with Crippen LogP contribution in [0.2, 0.25) is 0 Å². The molecule has 2 fully saturated rings. The Labute approximate surface area is 172 Å². The Hall–Kier alpha value is -2.06. The van der Waals surface area contributed by atoms with Gasteiger partial charge in [0.25, 0.3) is 5.91 Å². The molecule has 1 amide bonds. The number of sulfone groups is 1. The van der Waals surface area contributed by atoms with Crippen molar-refractivity contribution in [3.05, 3.63) is 29.3 Å². The number of carbonyl (C=O) groups excluding carboxylic acids is 1. The lowest BCUT2D eigenvalue weighted by molar-refractivity contribution is -0.118. The molecular formula is C21H28N2O5S. The molecule has 3 aliphatic rings. The Morgan fingerprint density at radius 2 is 2.03 bits per heavy atom. The number of hydrogen-bond acceptors (Lipinski definition) is 6. The highest BCUT2D eigenvalue weighted by Crippen LogP contribution is 2.36. The third-order valence-corrected chi connectivity index (χ3v) is 7.52. The van der Waals surface area contributed by atoms with E-state index in [1.54, 1.807) is 6.08 Å². The highest BCUT2D eigenvalue weighted by Gasteiger charge is 2.42. The monoisotopic (exact) mass is 420 g/mol. The molecule has 4 rings (SSSR count). The fourth-order valence-electron chi connectivity index (χ4n) is 4.42. The zero-order valence-corrected chi connectivity index (χ0v) is 17.5. The summed E-state index contributed by atoms with van der Waals surface area (Å²) in [6.07, 6.45) is 5.14. The summed E-state index contributed by atoms with van der Waals surface area (Å²) in [5.74, 6) is 1.16. The molecule has 0 saturated carbocycles. The first-order valence-corrected chi connectivity index (χ1v) is 12.1. The molecule has 3 heterocycles. The minimum atomic E-state index is -3.15. The van der Waals surface area contributed by atoms with E-state index >= 15 is 0 Å². The Morgan fingerprint density at radius 1 is 1.24 bits per heavy atom. The molecule has 0 aromatic heterocycles. The Balaban J connectivity index is 1.50. The molecule has 2 saturated heterocycles. The molecule has 1 aromatic rings. The molecule has 0 radical (unpaired) electrons. The van der Waals surface area contributed by atoms with E-state index in [1.807, 2.05) is 25.1 Å². The van der Waals surface area contributed by atoms with Gasteiger partial charge in [-0.05, 0) is 45.0 Å². The van der Waals surface area contributed by atoms with Gasteiger partial charge in [0.05, 0.1) is 29.7 Å². The number of piperidine rings is 1. The molecule has 7 nitrogen and oxygen atoms in total. The van der Waals surface area contributed by atoms with E-state index in [-0.39, 0.29) is 36.1 Å². The van der Waals surface area contributed by atoms with Crippen LogP contribution < -0.4 is 14.8 Å². The van der Waals surface area contributed by atoms with Gasteiger partial charge in [0.2, 0.25) is 0 Å². The van der Waals surface area contributed by atoms with Crippen LogP contribution in [-0.4, -0.2) is 69.1 Å². The maximum Gasteiger partial charge on any atom is 0.250 e. The summed E-state index contributed by atoms with van der Waals surface area (Å²) in [6, 6.07) is 5.05. The van der Waals surface area contributed by atoms with Crippen molar-refractivity contribution < 1.29 is 22.7 Å². The van der Waals surface area contributed by atoms with Crippen LogP contribution in [0.1, 0.15) is 31.7 Å². The van der Waals surface area contributed by atoms with Crippen molar-refractivity contribution in [3.63, 3.8) is 0 Å². The van der Waals surface area contributed by atoms with Crippen molar-refractivity contribution in [1.29, 1.82) is 0 Å². The second-order valence-corrected chi connectivity index (χ2v) is 10.0. The molecule has 158 valence electrons. The fraction of sp³-hybridized carbons (Fsp3) is 0.571. The predicted molar refractivity (Wildman–Crippen MR) is 111 cm³/mol. The number of nitrogens with one attached hydrogen (secondary N) is 1.